The number of nitriles is 1. The average molecular weight is 405 g/mol. The molecule has 6 nitrogen and oxygen atoms in total. The van der Waals surface area contributed by atoms with E-state index in [9.17, 15) is 4.79 Å². The van der Waals surface area contributed by atoms with Gasteiger partial charge in [-0.05, 0) is 42.5 Å². The molecule has 0 bridgehead atoms. The second kappa shape index (κ2) is 7.82. The number of rotatable bonds is 5. The van der Waals surface area contributed by atoms with Crippen LogP contribution in [0.15, 0.2) is 48.7 Å². The van der Waals surface area contributed by atoms with E-state index in [1.54, 1.807) is 23.9 Å². The summed E-state index contributed by atoms with van der Waals surface area (Å²) in [5, 5.41) is 16.9. The zero-order valence-corrected chi connectivity index (χ0v) is 16.4. The SMILES string of the molecule is COc1ccc(-c2nn(CCC#N)cc2/C=C2\C(=O)Nc3cc(Cl)ccc32)cc1. The molecule has 1 aromatic heterocycles. The molecule has 3 aromatic rings. The minimum absolute atomic E-state index is 0.187. The van der Waals surface area contributed by atoms with Crippen molar-refractivity contribution in [2.45, 2.75) is 13.0 Å². The van der Waals surface area contributed by atoms with E-state index in [1.165, 1.54) is 0 Å². The van der Waals surface area contributed by atoms with Gasteiger partial charge in [0.1, 0.15) is 5.75 Å². The lowest BCUT2D eigenvalue weighted by Crippen LogP contribution is -2.03. The van der Waals surface area contributed by atoms with Gasteiger partial charge in [-0.2, -0.15) is 10.4 Å². The number of nitrogens with one attached hydrogen (secondary N) is 1. The van der Waals surface area contributed by atoms with Crippen LogP contribution in [0.25, 0.3) is 22.9 Å². The number of nitrogens with zero attached hydrogens (tertiary/aromatic N) is 3. The van der Waals surface area contributed by atoms with E-state index in [0.29, 0.717) is 29.2 Å². The first kappa shape index (κ1) is 18.8. The van der Waals surface area contributed by atoms with E-state index in [2.05, 4.69) is 16.5 Å². The number of amides is 1. The standard InChI is InChI=1S/C22H17ClN4O2/c1-29-17-6-3-14(4-7-17)21-15(13-27(26-21)10-2-9-24)11-19-18-8-5-16(23)12-20(18)25-22(19)28/h3-8,11-13H,2,10H2,1H3,(H,25,28)/b19-11-. The summed E-state index contributed by atoms with van der Waals surface area (Å²) in [6.07, 6.45) is 4.02. The Morgan fingerprint density at radius 2 is 2.07 bits per heavy atom. The summed E-state index contributed by atoms with van der Waals surface area (Å²) >= 11 is 6.04. The van der Waals surface area contributed by atoms with Crippen molar-refractivity contribution in [2.24, 2.45) is 0 Å². The first-order chi connectivity index (χ1) is 14.1. The van der Waals surface area contributed by atoms with Gasteiger partial charge in [0.05, 0.1) is 37.5 Å². The fourth-order valence-electron chi connectivity index (χ4n) is 3.26. The molecule has 0 spiro atoms. The predicted molar refractivity (Wildman–Crippen MR) is 112 cm³/mol. The van der Waals surface area contributed by atoms with E-state index < -0.39 is 0 Å². The number of hydrogen-bond donors (Lipinski definition) is 1. The van der Waals surface area contributed by atoms with Crippen LogP contribution < -0.4 is 10.1 Å². The molecule has 2 aromatic carbocycles. The van der Waals surface area contributed by atoms with Crippen molar-refractivity contribution in [1.29, 1.82) is 5.26 Å². The number of fused-ring (bicyclic) bond motifs is 1. The molecule has 0 saturated heterocycles. The molecule has 0 radical (unpaired) electrons. The molecular formula is C22H17ClN4O2. The monoisotopic (exact) mass is 404 g/mol. The fourth-order valence-corrected chi connectivity index (χ4v) is 3.43. The van der Waals surface area contributed by atoms with Crippen LogP contribution in [0, 0.1) is 11.3 Å². The van der Waals surface area contributed by atoms with Gasteiger partial charge in [0, 0.05) is 33.5 Å². The smallest absolute Gasteiger partial charge is 0.256 e. The molecule has 144 valence electrons. The molecule has 0 saturated carbocycles. The Morgan fingerprint density at radius 1 is 1.28 bits per heavy atom. The van der Waals surface area contributed by atoms with Gasteiger partial charge < -0.3 is 10.1 Å². The number of hydrogen-bond acceptors (Lipinski definition) is 4. The molecule has 1 aliphatic rings. The summed E-state index contributed by atoms with van der Waals surface area (Å²) in [5.41, 5.74) is 4.45. The van der Waals surface area contributed by atoms with Gasteiger partial charge in [0.2, 0.25) is 0 Å². The molecule has 29 heavy (non-hydrogen) atoms. The van der Waals surface area contributed by atoms with Crippen molar-refractivity contribution >= 4 is 34.8 Å². The Balaban J connectivity index is 1.80. The third-order valence-corrected chi connectivity index (χ3v) is 4.91. The number of carbonyl (C=O) groups excluding carboxylic acids is 1. The van der Waals surface area contributed by atoms with Gasteiger partial charge >= 0.3 is 0 Å². The topological polar surface area (TPSA) is 79.9 Å². The molecule has 0 aliphatic carbocycles. The van der Waals surface area contributed by atoms with Crippen molar-refractivity contribution in [2.75, 3.05) is 12.4 Å². The van der Waals surface area contributed by atoms with Crippen molar-refractivity contribution in [3.05, 3.63) is 64.8 Å². The number of ether oxygens (including phenoxy) is 1. The highest BCUT2D eigenvalue weighted by Gasteiger charge is 2.25. The minimum atomic E-state index is -0.187. The van der Waals surface area contributed by atoms with Gasteiger partial charge in [0.15, 0.2) is 0 Å². The Labute approximate surface area is 173 Å². The predicted octanol–water partition coefficient (Wildman–Crippen LogP) is 4.62. The van der Waals surface area contributed by atoms with Gasteiger partial charge in [-0.25, -0.2) is 0 Å². The van der Waals surface area contributed by atoms with Crippen LogP contribution in [0.5, 0.6) is 5.75 Å². The molecule has 7 heteroatoms. The van der Waals surface area contributed by atoms with E-state index in [-0.39, 0.29) is 5.91 Å². The summed E-state index contributed by atoms with van der Waals surface area (Å²) in [5.74, 6) is 0.561. The average Bonchev–Trinajstić information content (AvgIpc) is 3.27. The first-order valence-electron chi connectivity index (χ1n) is 9.01. The third kappa shape index (κ3) is 3.73. The maximum absolute atomic E-state index is 12.5. The van der Waals surface area contributed by atoms with E-state index in [0.717, 1.165) is 28.1 Å². The van der Waals surface area contributed by atoms with E-state index >= 15 is 0 Å². The van der Waals surface area contributed by atoms with Crippen LogP contribution in [-0.2, 0) is 11.3 Å². The first-order valence-corrected chi connectivity index (χ1v) is 9.38. The second-order valence-corrected chi connectivity index (χ2v) is 6.97. The van der Waals surface area contributed by atoms with Crippen molar-refractivity contribution < 1.29 is 9.53 Å². The van der Waals surface area contributed by atoms with Crippen LogP contribution in [0.4, 0.5) is 5.69 Å². The largest absolute Gasteiger partial charge is 0.497 e. The molecule has 0 unspecified atom stereocenters. The summed E-state index contributed by atoms with van der Waals surface area (Å²) in [6, 6.07) is 15.0. The van der Waals surface area contributed by atoms with Gasteiger partial charge in [-0.1, -0.05) is 17.7 Å². The molecule has 0 atom stereocenters. The normalized spacial score (nSPS) is 13.8. The summed E-state index contributed by atoms with van der Waals surface area (Å²) in [6.45, 7) is 0.473. The summed E-state index contributed by atoms with van der Waals surface area (Å²) in [4.78, 5) is 12.5. The Kier molecular flexibility index (Phi) is 5.07. The number of benzene rings is 2. The Bertz CT molecular complexity index is 1160. The second-order valence-electron chi connectivity index (χ2n) is 6.53. The Hall–Kier alpha value is -3.56. The molecule has 1 N–H and O–H groups in total. The summed E-state index contributed by atoms with van der Waals surface area (Å²) < 4.78 is 6.95. The van der Waals surface area contributed by atoms with Crippen molar-refractivity contribution in [3.63, 3.8) is 0 Å². The molecule has 2 heterocycles. The summed E-state index contributed by atoms with van der Waals surface area (Å²) in [7, 11) is 1.61. The maximum Gasteiger partial charge on any atom is 0.256 e. The third-order valence-electron chi connectivity index (χ3n) is 4.67. The number of aromatic nitrogens is 2. The van der Waals surface area contributed by atoms with Gasteiger partial charge in [-0.15, -0.1) is 0 Å². The molecule has 1 aliphatic heterocycles. The zero-order chi connectivity index (χ0) is 20.4. The Morgan fingerprint density at radius 3 is 2.79 bits per heavy atom. The number of aryl methyl sites for hydroxylation is 1. The molecule has 4 rings (SSSR count). The lowest BCUT2D eigenvalue weighted by Gasteiger charge is -2.03. The van der Waals surface area contributed by atoms with Gasteiger partial charge in [0.25, 0.3) is 5.91 Å². The highest BCUT2D eigenvalue weighted by Crippen LogP contribution is 2.36. The lowest BCUT2D eigenvalue weighted by atomic mass is 10.0. The maximum atomic E-state index is 12.5. The van der Waals surface area contributed by atoms with Crippen LogP contribution >= 0.6 is 11.6 Å². The number of carbonyl (C=O) groups is 1. The fraction of sp³-hybridized carbons (Fsp3) is 0.136. The zero-order valence-electron chi connectivity index (χ0n) is 15.6. The highest BCUT2D eigenvalue weighted by molar-refractivity contribution is 6.36. The van der Waals surface area contributed by atoms with Crippen LogP contribution in [0.3, 0.4) is 0 Å². The molecule has 1 amide bonds. The van der Waals surface area contributed by atoms with Crippen molar-refractivity contribution in [1.82, 2.24) is 9.78 Å². The minimum Gasteiger partial charge on any atom is -0.497 e. The van der Waals surface area contributed by atoms with Gasteiger partial charge in [-0.3, -0.25) is 9.48 Å². The lowest BCUT2D eigenvalue weighted by molar-refractivity contribution is -0.110. The van der Waals surface area contributed by atoms with Crippen LogP contribution in [0.2, 0.25) is 5.02 Å². The van der Waals surface area contributed by atoms with E-state index in [1.807, 2.05) is 42.6 Å². The van der Waals surface area contributed by atoms with E-state index in [4.69, 9.17) is 21.6 Å². The molecule has 0 fully saturated rings. The number of anilines is 1. The quantitative estimate of drug-likeness (QED) is 0.629. The van der Waals surface area contributed by atoms with Crippen LogP contribution in [0.1, 0.15) is 17.5 Å². The number of halogens is 1. The molecular weight excluding hydrogens is 388 g/mol. The number of methoxy groups -OCH3 is 1. The highest BCUT2D eigenvalue weighted by atomic mass is 35.5. The van der Waals surface area contributed by atoms with Crippen molar-refractivity contribution in [3.8, 4) is 23.1 Å². The van der Waals surface area contributed by atoms with Crippen LogP contribution in [-0.4, -0.2) is 22.8 Å².